The number of carbonyl (C=O) groups is 2. The second-order valence-corrected chi connectivity index (χ2v) is 5.52. The van der Waals surface area contributed by atoms with Crippen LogP contribution in [0.4, 0.5) is 14.5 Å². The van der Waals surface area contributed by atoms with Crippen LogP contribution in [0.1, 0.15) is 35.8 Å². The average Bonchev–Trinajstić information content (AvgIpc) is 2.55. The van der Waals surface area contributed by atoms with Gasteiger partial charge in [-0.25, -0.2) is 8.78 Å². The molecular weight excluding hydrogens is 314 g/mol. The number of anilines is 1. The van der Waals surface area contributed by atoms with Crippen molar-refractivity contribution in [3.63, 3.8) is 0 Å². The third-order valence-electron chi connectivity index (χ3n) is 3.78. The fourth-order valence-corrected chi connectivity index (χ4v) is 2.27. The first kappa shape index (κ1) is 17.6. The van der Waals surface area contributed by atoms with Crippen molar-refractivity contribution >= 4 is 17.5 Å². The molecule has 2 rings (SSSR count). The topological polar surface area (TPSA) is 49.4 Å². The molecule has 0 aliphatic rings. The molecule has 1 unspecified atom stereocenters. The van der Waals surface area contributed by atoms with Gasteiger partial charge in [0.25, 0.3) is 5.91 Å². The molecule has 0 radical (unpaired) electrons. The molecule has 1 N–H and O–H groups in total. The quantitative estimate of drug-likeness (QED) is 0.927. The zero-order chi connectivity index (χ0) is 17.9. The Kier molecular flexibility index (Phi) is 5.28. The lowest BCUT2D eigenvalue weighted by Crippen LogP contribution is -2.29. The standard InChI is InChI=1S/C18H18F2N2O2/c1-11(14-6-9-16(19)17(20)10-14)22(3)18(24)13-4-7-15(8-5-13)21-12(2)23/h4-11H,1-3H3,(H,21,23). The monoisotopic (exact) mass is 332 g/mol. The van der Waals surface area contributed by atoms with Crippen molar-refractivity contribution in [3.8, 4) is 0 Å². The SMILES string of the molecule is CC(=O)Nc1ccc(C(=O)N(C)C(C)c2ccc(F)c(F)c2)cc1. The second-order valence-electron chi connectivity index (χ2n) is 5.52. The summed E-state index contributed by atoms with van der Waals surface area (Å²) in [5, 5.41) is 2.62. The van der Waals surface area contributed by atoms with E-state index in [2.05, 4.69) is 5.32 Å². The van der Waals surface area contributed by atoms with E-state index in [0.717, 1.165) is 12.1 Å². The minimum Gasteiger partial charge on any atom is -0.335 e. The second kappa shape index (κ2) is 7.21. The average molecular weight is 332 g/mol. The van der Waals surface area contributed by atoms with E-state index < -0.39 is 17.7 Å². The van der Waals surface area contributed by atoms with Gasteiger partial charge in [0.1, 0.15) is 0 Å². The van der Waals surface area contributed by atoms with Gasteiger partial charge in [0.05, 0.1) is 6.04 Å². The molecule has 0 heterocycles. The maximum absolute atomic E-state index is 13.4. The van der Waals surface area contributed by atoms with Gasteiger partial charge >= 0.3 is 0 Å². The van der Waals surface area contributed by atoms with E-state index in [1.807, 2.05) is 0 Å². The molecule has 2 aromatic carbocycles. The molecule has 0 fully saturated rings. The van der Waals surface area contributed by atoms with Gasteiger partial charge in [0.15, 0.2) is 11.6 Å². The molecule has 0 spiro atoms. The van der Waals surface area contributed by atoms with E-state index >= 15 is 0 Å². The van der Waals surface area contributed by atoms with Crippen LogP contribution in [0.2, 0.25) is 0 Å². The molecule has 0 bridgehead atoms. The summed E-state index contributed by atoms with van der Waals surface area (Å²) in [6.45, 7) is 3.13. The van der Waals surface area contributed by atoms with Gasteiger partial charge < -0.3 is 10.2 Å². The molecule has 6 heteroatoms. The molecule has 126 valence electrons. The Morgan fingerprint density at radius 2 is 1.67 bits per heavy atom. The van der Waals surface area contributed by atoms with Crippen molar-refractivity contribution in [1.29, 1.82) is 0 Å². The number of benzene rings is 2. The Bertz CT molecular complexity index is 760. The van der Waals surface area contributed by atoms with E-state index in [-0.39, 0.29) is 11.8 Å². The van der Waals surface area contributed by atoms with Crippen LogP contribution < -0.4 is 5.32 Å². The van der Waals surface area contributed by atoms with Crippen molar-refractivity contribution in [2.45, 2.75) is 19.9 Å². The maximum Gasteiger partial charge on any atom is 0.254 e. The Morgan fingerprint density at radius 3 is 2.21 bits per heavy atom. The van der Waals surface area contributed by atoms with E-state index in [1.54, 1.807) is 38.2 Å². The van der Waals surface area contributed by atoms with Crippen LogP contribution in [0.25, 0.3) is 0 Å². The summed E-state index contributed by atoms with van der Waals surface area (Å²) < 4.78 is 26.4. The zero-order valence-electron chi connectivity index (χ0n) is 13.6. The van der Waals surface area contributed by atoms with Gasteiger partial charge in [-0.05, 0) is 48.9 Å². The molecule has 0 aliphatic heterocycles. The van der Waals surface area contributed by atoms with Crippen LogP contribution >= 0.6 is 0 Å². The first-order chi connectivity index (χ1) is 11.3. The number of halogens is 2. The Labute approximate surface area is 139 Å². The highest BCUT2D eigenvalue weighted by Crippen LogP contribution is 2.23. The normalized spacial score (nSPS) is 11.7. The van der Waals surface area contributed by atoms with Crippen LogP contribution in [0.15, 0.2) is 42.5 Å². The van der Waals surface area contributed by atoms with Crippen LogP contribution in [0.5, 0.6) is 0 Å². The summed E-state index contributed by atoms with van der Waals surface area (Å²) in [7, 11) is 1.59. The van der Waals surface area contributed by atoms with Crippen LogP contribution in [-0.4, -0.2) is 23.8 Å². The zero-order valence-corrected chi connectivity index (χ0v) is 13.6. The number of hydrogen-bond acceptors (Lipinski definition) is 2. The fraction of sp³-hybridized carbons (Fsp3) is 0.222. The summed E-state index contributed by atoms with van der Waals surface area (Å²) in [6.07, 6.45) is 0. The number of nitrogens with zero attached hydrogens (tertiary/aromatic N) is 1. The van der Waals surface area contributed by atoms with Crippen molar-refractivity contribution in [2.24, 2.45) is 0 Å². The molecule has 0 aliphatic carbocycles. The van der Waals surface area contributed by atoms with Crippen molar-refractivity contribution in [1.82, 2.24) is 4.90 Å². The summed E-state index contributed by atoms with van der Waals surface area (Å²) in [5.74, 6) is -2.33. The lowest BCUT2D eigenvalue weighted by atomic mass is 10.1. The smallest absolute Gasteiger partial charge is 0.254 e. The molecule has 0 saturated carbocycles. The van der Waals surface area contributed by atoms with E-state index in [0.29, 0.717) is 16.8 Å². The predicted molar refractivity (Wildman–Crippen MR) is 87.6 cm³/mol. The molecular formula is C18H18F2N2O2. The first-order valence-corrected chi connectivity index (χ1v) is 7.39. The van der Waals surface area contributed by atoms with Crippen molar-refractivity contribution in [3.05, 3.63) is 65.2 Å². The third-order valence-corrected chi connectivity index (χ3v) is 3.78. The van der Waals surface area contributed by atoms with Crippen LogP contribution in [0.3, 0.4) is 0 Å². The Morgan fingerprint density at radius 1 is 1.04 bits per heavy atom. The summed E-state index contributed by atoms with van der Waals surface area (Å²) >= 11 is 0. The minimum absolute atomic E-state index is 0.196. The number of hydrogen-bond donors (Lipinski definition) is 1. The highest BCUT2D eigenvalue weighted by Gasteiger charge is 2.20. The van der Waals surface area contributed by atoms with Gasteiger partial charge in [-0.15, -0.1) is 0 Å². The van der Waals surface area contributed by atoms with E-state index in [9.17, 15) is 18.4 Å². The molecule has 0 aromatic heterocycles. The molecule has 4 nitrogen and oxygen atoms in total. The fourth-order valence-electron chi connectivity index (χ4n) is 2.27. The predicted octanol–water partition coefficient (Wildman–Crippen LogP) is 3.76. The molecule has 2 amide bonds. The van der Waals surface area contributed by atoms with Crippen molar-refractivity contribution < 1.29 is 18.4 Å². The first-order valence-electron chi connectivity index (χ1n) is 7.39. The van der Waals surface area contributed by atoms with Gasteiger partial charge in [-0.1, -0.05) is 6.07 Å². The largest absolute Gasteiger partial charge is 0.335 e. The summed E-state index contributed by atoms with van der Waals surface area (Å²) in [4.78, 5) is 25.0. The number of rotatable bonds is 4. The molecule has 0 saturated heterocycles. The van der Waals surface area contributed by atoms with Gasteiger partial charge in [-0.2, -0.15) is 0 Å². The van der Waals surface area contributed by atoms with E-state index in [1.165, 1.54) is 17.9 Å². The third kappa shape index (κ3) is 3.95. The van der Waals surface area contributed by atoms with Crippen LogP contribution in [-0.2, 0) is 4.79 Å². The van der Waals surface area contributed by atoms with Gasteiger partial charge in [0.2, 0.25) is 5.91 Å². The lowest BCUT2D eigenvalue weighted by Gasteiger charge is -2.25. The highest BCUT2D eigenvalue weighted by atomic mass is 19.2. The number of carbonyl (C=O) groups excluding carboxylic acids is 2. The lowest BCUT2D eigenvalue weighted by molar-refractivity contribution is -0.114. The molecule has 24 heavy (non-hydrogen) atoms. The number of nitrogens with one attached hydrogen (secondary N) is 1. The highest BCUT2D eigenvalue weighted by molar-refractivity contribution is 5.95. The maximum atomic E-state index is 13.4. The van der Waals surface area contributed by atoms with Gasteiger partial charge in [0, 0.05) is 25.2 Å². The van der Waals surface area contributed by atoms with Crippen molar-refractivity contribution in [2.75, 3.05) is 12.4 Å². The summed E-state index contributed by atoms with van der Waals surface area (Å²) in [6, 6.07) is 9.61. The molecule has 1 atom stereocenters. The van der Waals surface area contributed by atoms with Crippen LogP contribution in [0, 0.1) is 11.6 Å². The Balaban J connectivity index is 2.15. The summed E-state index contributed by atoms with van der Waals surface area (Å²) in [5.41, 5.74) is 1.52. The van der Waals surface area contributed by atoms with Gasteiger partial charge in [-0.3, -0.25) is 9.59 Å². The van der Waals surface area contributed by atoms with E-state index in [4.69, 9.17) is 0 Å². The minimum atomic E-state index is -0.945. The Hall–Kier alpha value is -2.76. The number of amides is 2. The molecule has 2 aromatic rings.